The summed E-state index contributed by atoms with van der Waals surface area (Å²) >= 11 is 0. The fourth-order valence-corrected chi connectivity index (χ4v) is 3.78. The third kappa shape index (κ3) is 6.20. The zero-order valence-electron chi connectivity index (χ0n) is 19.8. The van der Waals surface area contributed by atoms with Gasteiger partial charge in [-0.05, 0) is 48.4 Å². The number of nitrogens with one attached hydrogen (secondary N) is 1. The molecule has 1 amide bonds. The molecule has 0 aliphatic rings. The number of carbonyl (C=O) groups is 1. The number of nitrogens with zero attached hydrogens (tertiary/aromatic N) is 2. The maximum Gasteiger partial charge on any atom is 0.258 e. The number of methoxy groups -OCH3 is 1. The number of aromatic nitrogens is 2. The fraction of sp³-hybridized carbons (Fsp3) is 0.214. The van der Waals surface area contributed by atoms with Crippen molar-refractivity contribution in [2.24, 2.45) is 0 Å². The molecule has 0 bridgehead atoms. The summed E-state index contributed by atoms with van der Waals surface area (Å²) in [7, 11) is 1.63. The Bertz CT molecular complexity index is 1280. The highest BCUT2D eigenvalue weighted by Gasteiger charge is 2.13. The van der Waals surface area contributed by atoms with E-state index < -0.39 is 0 Å². The highest BCUT2D eigenvalue weighted by atomic mass is 16.5. The zero-order valence-corrected chi connectivity index (χ0v) is 19.8. The van der Waals surface area contributed by atoms with Crippen LogP contribution in [-0.2, 0) is 24.3 Å². The summed E-state index contributed by atoms with van der Waals surface area (Å²) in [5.41, 5.74) is 2.96. The summed E-state index contributed by atoms with van der Waals surface area (Å²) < 4.78 is 19.1. The number of rotatable bonds is 12. The molecule has 0 aliphatic carbocycles. The molecular weight excluding hydrogens is 442 g/mol. The average molecular weight is 472 g/mol. The number of allylic oxidation sites excluding steroid dienone is 1. The molecule has 0 saturated carbocycles. The summed E-state index contributed by atoms with van der Waals surface area (Å²) in [6.07, 6.45) is 2.62. The molecule has 7 nitrogen and oxygen atoms in total. The lowest BCUT2D eigenvalue weighted by Crippen LogP contribution is -2.29. The lowest BCUT2D eigenvalue weighted by atomic mass is 10.1. The molecule has 35 heavy (non-hydrogen) atoms. The van der Waals surface area contributed by atoms with Crippen molar-refractivity contribution in [2.75, 3.05) is 20.3 Å². The third-order valence-electron chi connectivity index (χ3n) is 5.47. The normalized spacial score (nSPS) is 10.7. The number of benzene rings is 3. The molecule has 0 unspecified atom stereocenters. The molecule has 1 heterocycles. The van der Waals surface area contributed by atoms with Crippen LogP contribution in [0.15, 0.2) is 85.5 Å². The summed E-state index contributed by atoms with van der Waals surface area (Å²) in [5, 5.41) is 2.90. The van der Waals surface area contributed by atoms with Crippen molar-refractivity contribution in [3.8, 4) is 17.2 Å². The van der Waals surface area contributed by atoms with Crippen LogP contribution in [-0.4, -0.2) is 35.8 Å². The van der Waals surface area contributed by atoms with E-state index in [1.54, 1.807) is 7.11 Å². The van der Waals surface area contributed by atoms with Crippen LogP contribution in [0.4, 0.5) is 0 Å². The largest absolute Gasteiger partial charge is 0.493 e. The minimum absolute atomic E-state index is 0.0605. The molecule has 0 atom stereocenters. The van der Waals surface area contributed by atoms with Crippen LogP contribution in [0.3, 0.4) is 0 Å². The minimum atomic E-state index is -0.215. The van der Waals surface area contributed by atoms with Crippen LogP contribution >= 0.6 is 0 Å². The number of hydrogen-bond acceptors (Lipinski definition) is 5. The Kier molecular flexibility index (Phi) is 8.01. The Morgan fingerprint density at radius 2 is 1.83 bits per heavy atom. The van der Waals surface area contributed by atoms with Crippen LogP contribution in [0.1, 0.15) is 11.4 Å². The van der Waals surface area contributed by atoms with Crippen molar-refractivity contribution in [3.63, 3.8) is 0 Å². The molecule has 0 saturated heterocycles. The molecule has 1 N–H and O–H groups in total. The second-order valence-electron chi connectivity index (χ2n) is 7.87. The summed E-state index contributed by atoms with van der Waals surface area (Å²) in [4.78, 5) is 17.1. The number of imidazole rings is 1. The Morgan fingerprint density at radius 1 is 1.03 bits per heavy atom. The average Bonchev–Trinajstić information content (AvgIpc) is 3.25. The lowest BCUT2D eigenvalue weighted by molar-refractivity contribution is -0.123. The second kappa shape index (κ2) is 11.7. The topological polar surface area (TPSA) is 74.6 Å². The van der Waals surface area contributed by atoms with Crippen molar-refractivity contribution in [2.45, 2.75) is 19.5 Å². The van der Waals surface area contributed by atoms with Crippen LogP contribution in [0, 0.1) is 0 Å². The maximum absolute atomic E-state index is 12.3. The van der Waals surface area contributed by atoms with Crippen molar-refractivity contribution in [1.82, 2.24) is 14.9 Å². The van der Waals surface area contributed by atoms with Gasteiger partial charge >= 0.3 is 0 Å². The van der Waals surface area contributed by atoms with Gasteiger partial charge in [-0.1, -0.05) is 42.5 Å². The molecule has 4 rings (SSSR count). The molecule has 3 aromatic carbocycles. The Morgan fingerprint density at radius 3 is 2.63 bits per heavy atom. The van der Waals surface area contributed by atoms with Crippen molar-refractivity contribution in [1.29, 1.82) is 0 Å². The van der Waals surface area contributed by atoms with Crippen molar-refractivity contribution in [3.05, 3.63) is 96.8 Å². The third-order valence-corrected chi connectivity index (χ3v) is 5.47. The molecule has 0 aliphatic heterocycles. The van der Waals surface area contributed by atoms with Gasteiger partial charge in [-0.2, -0.15) is 0 Å². The predicted molar refractivity (Wildman–Crippen MR) is 136 cm³/mol. The van der Waals surface area contributed by atoms with Gasteiger partial charge in [0.15, 0.2) is 18.1 Å². The molecule has 7 heteroatoms. The highest BCUT2D eigenvalue weighted by molar-refractivity contribution is 5.78. The van der Waals surface area contributed by atoms with Crippen LogP contribution in [0.2, 0.25) is 0 Å². The SMILES string of the molecule is C=CCc1ccc(OCCn2c(CNC(=O)COc3ccccc3)nc3ccccc32)c(OC)c1. The van der Waals surface area contributed by atoms with E-state index in [2.05, 4.69) is 16.5 Å². The van der Waals surface area contributed by atoms with E-state index in [1.165, 1.54) is 0 Å². The van der Waals surface area contributed by atoms with E-state index in [0.717, 1.165) is 28.8 Å². The summed E-state index contributed by atoms with van der Waals surface area (Å²) in [5.74, 6) is 2.55. The quantitative estimate of drug-likeness (QED) is 0.307. The van der Waals surface area contributed by atoms with E-state index >= 15 is 0 Å². The van der Waals surface area contributed by atoms with E-state index in [9.17, 15) is 4.79 Å². The fourth-order valence-electron chi connectivity index (χ4n) is 3.78. The molecular formula is C28H29N3O4. The summed E-state index contributed by atoms with van der Waals surface area (Å²) in [6.45, 7) is 4.98. The van der Waals surface area contributed by atoms with Gasteiger partial charge in [0.05, 0.1) is 31.2 Å². The monoisotopic (exact) mass is 471 g/mol. The first kappa shape index (κ1) is 23.9. The smallest absolute Gasteiger partial charge is 0.258 e. The maximum atomic E-state index is 12.3. The molecule has 4 aromatic rings. The van der Waals surface area contributed by atoms with Gasteiger partial charge in [0.25, 0.3) is 5.91 Å². The van der Waals surface area contributed by atoms with Gasteiger partial charge < -0.3 is 24.1 Å². The molecule has 180 valence electrons. The Labute approximate surface area is 205 Å². The number of amides is 1. The number of ether oxygens (including phenoxy) is 3. The van der Waals surface area contributed by atoms with Crippen LogP contribution in [0.25, 0.3) is 11.0 Å². The van der Waals surface area contributed by atoms with Crippen LogP contribution < -0.4 is 19.5 Å². The van der Waals surface area contributed by atoms with Crippen molar-refractivity contribution >= 4 is 16.9 Å². The number of hydrogen-bond donors (Lipinski definition) is 1. The Balaban J connectivity index is 1.40. The van der Waals surface area contributed by atoms with E-state index in [0.29, 0.717) is 30.4 Å². The first-order chi connectivity index (χ1) is 17.2. The predicted octanol–water partition coefficient (Wildman–Crippen LogP) is 4.55. The van der Waals surface area contributed by atoms with Gasteiger partial charge in [0, 0.05) is 0 Å². The number of para-hydroxylation sites is 3. The molecule has 0 fully saturated rings. The van der Waals surface area contributed by atoms with E-state index in [-0.39, 0.29) is 19.1 Å². The molecule has 0 spiro atoms. The first-order valence-electron chi connectivity index (χ1n) is 11.5. The summed E-state index contributed by atoms with van der Waals surface area (Å²) in [6, 6.07) is 23.0. The molecule has 0 radical (unpaired) electrons. The van der Waals surface area contributed by atoms with Gasteiger partial charge in [-0.15, -0.1) is 6.58 Å². The van der Waals surface area contributed by atoms with E-state index in [1.807, 2.05) is 78.9 Å². The minimum Gasteiger partial charge on any atom is -0.493 e. The second-order valence-corrected chi connectivity index (χ2v) is 7.87. The zero-order chi connectivity index (χ0) is 24.5. The number of fused-ring (bicyclic) bond motifs is 1. The van der Waals surface area contributed by atoms with Crippen molar-refractivity contribution < 1.29 is 19.0 Å². The van der Waals surface area contributed by atoms with Gasteiger partial charge in [-0.3, -0.25) is 4.79 Å². The van der Waals surface area contributed by atoms with Gasteiger partial charge in [0.2, 0.25) is 0 Å². The van der Waals surface area contributed by atoms with Crippen LogP contribution in [0.5, 0.6) is 17.2 Å². The molecule has 1 aromatic heterocycles. The van der Waals surface area contributed by atoms with Gasteiger partial charge in [-0.25, -0.2) is 4.98 Å². The standard InChI is InChI=1S/C28H29N3O4/c1-3-9-21-14-15-25(26(18-21)33-2)34-17-16-31-24-13-8-7-12-23(24)30-27(31)19-29-28(32)20-35-22-10-5-4-6-11-22/h3-8,10-15,18H,1,9,16-17,19-20H2,2H3,(H,29,32). The highest BCUT2D eigenvalue weighted by Crippen LogP contribution is 2.28. The van der Waals surface area contributed by atoms with E-state index in [4.69, 9.17) is 19.2 Å². The Hall–Kier alpha value is -4.26. The number of carbonyl (C=O) groups excluding carboxylic acids is 1. The first-order valence-corrected chi connectivity index (χ1v) is 11.5. The lowest BCUT2D eigenvalue weighted by Gasteiger charge is -2.14. The van der Waals surface area contributed by atoms with Gasteiger partial charge in [0.1, 0.15) is 18.2 Å².